The van der Waals surface area contributed by atoms with Crippen molar-refractivity contribution in [3.05, 3.63) is 23.2 Å². The molecule has 1 aliphatic rings. The lowest BCUT2D eigenvalue weighted by molar-refractivity contribution is -0.121. The molecule has 1 aromatic carbocycles. The Morgan fingerprint density at radius 1 is 1.53 bits per heavy atom. The number of nitrogens with two attached hydrogens (primary N) is 2. The Hall–Kier alpha value is -1.46. The van der Waals surface area contributed by atoms with Crippen molar-refractivity contribution in [2.75, 3.05) is 30.4 Å². The number of anilines is 2. The van der Waals surface area contributed by atoms with Crippen molar-refractivity contribution in [1.29, 1.82) is 0 Å². The molecule has 0 aromatic heterocycles. The predicted octanol–water partition coefficient (Wildman–Crippen LogP) is 0.613. The Morgan fingerprint density at radius 3 is 2.94 bits per heavy atom. The summed E-state index contributed by atoms with van der Waals surface area (Å²) in [5.74, 6) is -0.418. The Balaban J connectivity index is 2.32. The number of carbonyl (C=O) groups is 1. The van der Waals surface area contributed by atoms with E-state index in [9.17, 15) is 4.79 Å². The van der Waals surface area contributed by atoms with E-state index in [0.717, 1.165) is 5.69 Å². The standard InChI is InChI=1S/C11H14ClN3O2/c12-7-1-2-9(8(13)5-7)15-3-4-17-6-10(15)11(14)16/h1-2,5,10H,3-4,6,13H2,(H2,14,16). The maximum atomic E-state index is 11.3. The molecule has 1 saturated heterocycles. The third-order valence-electron chi connectivity index (χ3n) is 2.76. The van der Waals surface area contributed by atoms with E-state index in [1.165, 1.54) is 0 Å². The third-order valence-corrected chi connectivity index (χ3v) is 2.99. The van der Waals surface area contributed by atoms with Gasteiger partial charge in [-0.15, -0.1) is 0 Å². The molecular weight excluding hydrogens is 242 g/mol. The van der Waals surface area contributed by atoms with E-state index in [1.54, 1.807) is 18.2 Å². The average Bonchev–Trinajstić information content (AvgIpc) is 2.29. The van der Waals surface area contributed by atoms with Gasteiger partial charge in [-0.2, -0.15) is 0 Å². The molecule has 1 atom stereocenters. The molecule has 1 fully saturated rings. The molecule has 0 spiro atoms. The number of halogens is 1. The lowest BCUT2D eigenvalue weighted by Gasteiger charge is -2.36. The quantitative estimate of drug-likeness (QED) is 0.759. The first kappa shape index (κ1) is 12.0. The number of hydrogen-bond acceptors (Lipinski definition) is 4. The number of amides is 1. The van der Waals surface area contributed by atoms with Gasteiger partial charge in [-0.05, 0) is 18.2 Å². The van der Waals surface area contributed by atoms with Crippen molar-refractivity contribution in [2.45, 2.75) is 6.04 Å². The van der Waals surface area contributed by atoms with Gasteiger partial charge in [0.2, 0.25) is 5.91 Å². The van der Waals surface area contributed by atoms with Crippen LogP contribution in [-0.2, 0) is 9.53 Å². The summed E-state index contributed by atoms with van der Waals surface area (Å²) >= 11 is 5.84. The summed E-state index contributed by atoms with van der Waals surface area (Å²) in [5, 5.41) is 0.565. The van der Waals surface area contributed by atoms with Crippen LogP contribution in [0.3, 0.4) is 0 Å². The molecule has 5 nitrogen and oxygen atoms in total. The second-order valence-corrected chi connectivity index (χ2v) is 4.33. The Labute approximate surface area is 104 Å². The SMILES string of the molecule is NC(=O)C1COCCN1c1ccc(Cl)cc1N. The van der Waals surface area contributed by atoms with Crippen molar-refractivity contribution in [3.8, 4) is 0 Å². The van der Waals surface area contributed by atoms with Gasteiger partial charge in [-0.25, -0.2) is 0 Å². The van der Waals surface area contributed by atoms with Crippen molar-refractivity contribution < 1.29 is 9.53 Å². The van der Waals surface area contributed by atoms with Crippen LogP contribution in [0.5, 0.6) is 0 Å². The molecule has 1 aromatic rings. The molecule has 1 aliphatic heterocycles. The molecule has 6 heteroatoms. The van der Waals surface area contributed by atoms with Gasteiger partial charge in [0.25, 0.3) is 0 Å². The zero-order valence-corrected chi connectivity index (χ0v) is 9.98. The van der Waals surface area contributed by atoms with Gasteiger partial charge in [0, 0.05) is 11.6 Å². The van der Waals surface area contributed by atoms with Gasteiger partial charge in [0.05, 0.1) is 24.6 Å². The molecule has 2 rings (SSSR count). The lowest BCUT2D eigenvalue weighted by atomic mass is 10.1. The van der Waals surface area contributed by atoms with E-state index >= 15 is 0 Å². The summed E-state index contributed by atoms with van der Waals surface area (Å²) in [6.07, 6.45) is 0. The molecule has 4 N–H and O–H groups in total. The molecule has 0 bridgehead atoms. The van der Waals surface area contributed by atoms with Crippen LogP contribution in [0.15, 0.2) is 18.2 Å². The van der Waals surface area contributed by atoms with Gasteiger partial charge in [0.1, 0.15) is 6.04 Å². The number of nitrogens with zero attached hydrogens (tertiary/aromatic N) is 1. The van der Waals surface area contributed by atoms with Crippen LogP contribution in [0.1, 0.15) is 0 Å². The van der Waals surface area contributed by atoms with E-state index in [4.69, 9.17) is 27.8 Å². The molecule has 1 heterocycles. The second kappa shape index (κ2) is 4.81. The molecule has 17 heavy (non-hydrogen) atoms. The number of ether oxygens (including phenoxy) is 1. The van der Waals surface area contributed by atoms with Crippen LogP contribution in [0.4, 0.5) is 11.4 Å². The first-order chi connectivity index (χ1) is 8.09. The number of morpholine rings is 1. The summed E-state index contributed by atoms with van der Waals surface area (Å²) < 4.78 is 5.25. The van der Waals surface area contributed by atoms with Gasteiger partial charge in [0.15, 0.2) is 0 Å². The maximum absolute atomic E-state index is 11.3. The van der Waals surface area contributed by atoms with Crippen molar-refractivity contribution in [2.24, 2.45) is 5.73 Å². The number of hydrogen-bond donors (Lipinski definition) is 2. The van der Waals surface area contributed by atoms with Gasteiger partial charge in [-0.1, -0.05) is 11.6 Å². The topological polar surface area (TPSA) is 81.6 Å². The predicted molar refractivity (Wildman–Crippen MR) is 67.0 cm³/mol. The molecule has 92 valence electrons. The summed E-state index contributed by atoms with van der Waals surface area (Å²) in [6, 6.07) is 4.71. The number of rotatable bonds is 2. The van der Waals surface area contributed by atoms with Crippen LogP contribution < -0.4 is 16.4 Å². The summed E-state index contributed by atoms with van der Waals surface area (Å²) in [7, 11) is 0. The average molecular weight is 256 g/mol. The smallest absolute Gasteiger partial charge is 0.242 e. The largest absolute Gasteiger partial charge is 0.397 e. The number of nitrogen functional groups attached to an aromatic ring is 1. The van der Waals surface area contributed by atoms with E-state index in [2.05, 4.69) is 0 Å². The van der Waals surface area contributed by atoms with Crippen LogP contribution in [-0.4, -0.2) is 31.7 Å². The molecule has 0 radical (unpaired) electrons. The monoisotopic (exact) mass is 255 g/mol. The highest BCUT2D eigenvalue weighted by atomic mass is 35.5. The zero-order chi connectivity index (χ0) is 12.4. The molecule has 0 saturated carbocycles. The van der Waals surface area contributed by atoms with E-state index < -0.39 is 11.9 Å². The zero-order valence-electron chi connectivity index (χ0n) is 9.23. The number of carbonyl (C=O) groups excluding carboxylic acids is 1. The minimum atomic E-state index is -0.479. The van der Waals surface area contributed by atoms with Crippen LogP contribution in [0.2, 0.25) is 5.02 Å². The fourth-order valence-corrected chi connectivity index (χ4v) is 2.10. The molecule has 1 unspecified atom stereocenters. The van der Waals surface area contributed by atoms with Crippen LogP contribution in [0, 0.1) is 0 Å². The highest BCUT2D eigenvalue weighted by Crippen LogP contribution is 2.28. The van der Waals surface area contributed by atoms with Crippen LogP contribution >= 0.6 is 11.6 Å². The third kappa shape index (κ3) is 2.45. The lowest BCUT2D eigenvalue weighted by Crippen LogP contribution is -2.52. The first-order valence-corrected chi connectivity index (χ1v) is 5.66. The highest BCUT2D eigenvalue weighted by molar-refractivity contribution is 6.31. The summed E-state index contributed by atoms with van der Waals surface area (Å²) in [5.41, 5.74) is 12.5. The van der Waals surface area contributed by atoms with Crippen molar-refractivity contribution in [1.82, 2.24) is 0 Å². The van der Waals surface area contributed by atoms with Crippen molar-refractivity contribution >= 4 is 28.9 Å². The molecule has 0 aliphatic carbocycles. The summed E-state index contributed by atoms with van der Waals surface area (Å²) in [6.45, 7) is 1.42. The number of benzene rings is 1. The van der Waals surface area contributed by atoms with Gasteiger partial charge >= 0.3 is 0 Å². The Bertz CT molecular complexity index is 439. The molecular formula is C11H14ClN3O2. The maximum Gasteiger partial charge on any atom is 0.242 e. The normalized spacial score (nSPS) is 20.3. The Kier molecular flexibility index (Phi) is 3.40. The van der Waals surface area contributed by atoms with Crippen LogP contribution in [0.25, 0.3) is 0 Å². The fourth-order valence-electron chi connectivity index (χ4n) is 1.91. The van der Waals surface area contributed by atoms with E-state index in [-0.39, 0.29) is 6.61 Å². The second-order valence-electron chi connectivity index (χ2n) is 3.89. The first-order valence-electron chi connectivity index (χ1n) is 5.28. The minimum absolute atomic E-state index is 0.289. The highest BCUT2D eigenvalue weighted by Gasteiger charge is 2.28. The van der Waals surface area contributed by atoms with Gasteiger partial charge < -0.3 is 21.1 Å². The summed E-state index contributed by atoms with van der Waals surface area (Å²) in [4.78, 5) is 13.2. The molecule has 1 amide bonds. The van der Waals surface area contributed by atoms with E-state index in [0.29, 0.717) is 23.9 Å². The number of primary amides is 1. The van der Waals surface area contributed by atoms with E-state index in [1.807, 2.05) is 4.90 Å². The Morgan fingerprint density at radius 2 is 2.29 bits per heavy atom. The minimum Gasteiger partial charge on any atom is -0.397 e. The van der Waals surface area contributed by atoms with Gasteiger partial charge in [-0.3, -0.25) is 4.79 Å². The van der Waals surface area contributed by atoms with Crippen molar-refractivity contribution in [3.63, 3.8) is 0 Å². The fraction of sp³-hybridized carbons (Fsp3) is 0.364.